The van der Waals surface area contributed by atoms with Gasteiger partial charge in [-0.15, -0.1) is 0 Å². The van der Waals surface area contributed by atoms with Crippen LogP contribution in [0.25, 0.3) is 0 Å². The van der Waals surface area contributed by atoms with E-state index in [1.54, 1.807) is 6.08 Å². The van der Waals surface area contributed by atoms with Crippen LogP contribution in [0.1, 0.15) is 33.1 Å². The van der Waals surface area contributed by atoms with Gasteiger partial charge in [-0.25, -0.2) is 0 Å². The van der Waals surface area contributed by atoms with Gasteiger partial charge in [0.1, 0.15) is 6.61 Å². The zero-order valence-electron chi connectivity index (χ0n) is 15.5. The van der Waals surface area contributed by atoms with Crippen molar-refractivity contribution in [3.8, 4) is 0 Å². The number of carbonyl (C=O) groups is 1. The summed E-state index contributed by atoms with van der Waals surface area (Å²) in [6.45, 7) is 4.95. The number of ketones is 1. The molecule has 140 valence electrons. The molecule has 2 aliphatic heterocycles. The van der Waals surface area contributed by atoms with Crippen molar-refractivity contribution in [3.63, 3.8) is 0 Å². The minimum absolute atomic E-state index is 0.000559. The molecule has 26 heavy (non-hydrogen) atoms. The predicted octanol–water partition coefficient (Wildman–Crippen LogP) is 1.76. The molecule has 2 unspecified atom stereocenters. The van der Waals surface area contributed by atoms with Crippen molar-refractivity contribution in [1.29, 1.82) is 0 Å². The molecule has 3 N–H and O–H groups in total. The first-order valence-electron chi connectivity index (χ1n) is 9.58. The van der Waals surface area contributed by atoms with Gasteiger partial charge in [0.05, 0.1) is 17.7 Å². The average Bonchev–Trinajstić information content (AvgIpc) is 2.84. The average molecular weight is 356 g/mol. The summed E-state index contributed by atoms with van der Waals surface area (Å²) in [7, 11) is 0. The summed E-state index contributed by atoms with van der Waals surface area (Å²) >= 11 is 0. The number of carbonyl (C=O) groups excluding carboxylic acids is 1. The van der Waals surface area contributed by atoms with Crippen molar-refractivity contribution in [3.05, 3.63) is 47.2 Å². The molecule has 0 aromatic rings. The van der Waals surface area contributed by atoms with Crippen molar-refractivity contribution in [2.45, 2.75) is 56.9 Å². The zero-order chi connectivity index (χ0) is 18.3. The van der Waals surface area contributed by atoms with Gasteiger partial charge < -0.3 is 20.5 Å². The van der Waals surface area contributed by atoms with E-state index < -0.39 is 11.6 Å². The molecule has 0 spiro atoms. The van der Waals surface area contributed by atoms with Gasteiger partial charge in [0, 0.05) is 17.7 Å². The molecule has 5 nitrogen and oxygen atoms in total. The summed E-state index contributed by atoms with van der Waals surface area (Å²) in [6.07, 6.45) is 12.9. The highest BCUT2D eigenvalue weighted by Gasteiger charge is 2.52. The third-order valence-electron chi connectivity index (χ3n) is 5.87. The molecular formula is C21H28N2O3. The minimum atomic E-state index is -0.511. The first-order valence-corrected chi connectivity index (χ1v) is 9.58. The molecule has 0 aromatic carbocycles. The summed E-state index contributed by atoms with van der Waals surface area (Å²) in [5, 5.41) is 18.0. The fourth-order valence-corrected chi connectivity index (χ4v) is 4.52. The molecule has 4 aliphatic rings. The number of hydrogen-bond donors (Lipinski definition) is 3. The third-order valence-corrected chi connectivity index (χ3v) is 5.87. The maximum atomic E-state index is 11.8. The van der Waals surface area contributed by atoms with E-state index in [-0.39, 0.29) is 30.5 Å². The van der Waals surface area contributed by atoms with Crippen LogP contribution in [0.5, 0.6) is 0 Å². The highest BCUT2D eigenvalue weighted by Crippen LogP contribution is 2.41. The van der Waals surface area contributed by atoms with Crippen LogP contribution < -0.4 is 10.6 Å². The van der Waals surface area contributed by atoms with Crippen molar-refractivity contribution in [1.82, 2.24) is 10.6 Å². The number of aliphatic hydroxyl groups excluding tert-OH is 1. The van der Waals surface area contributed by atoms with E-state index in [2.05, 4.69) is 28.9 Å². The minimum Gasteiger partial charge on any atom is -0.390 e. The molecule has 2 aliphatic carbocycles. The summed E-state index contributed by atoms with van der Waals surface area (Å²) in [5.41, 5.74) is 2.86. The summed E-state index contributed by atoms with van der Waals surface area (Å²) in [6, 6.07) is -0.0493. The third kappa shape index (κ3) is 3.20. The zero-order valence-corrected chi connectivity index (χ0v) is 15.5. The Kier molecular flexibility index (Phi) is 4.63. The highest BCUT2D eigenvalue weighted by atomic mass is 16.5. The Morgan fingerprint density at radius 2 is 2.19 bits per heavy atom. The number of ether oxygens (including phenoxy) is 1. The van der Waals surface area contributed by atoms with Crippen LogP contribution in [0.4, 0.5) is 0 Å². The fraction of sp³-hybridized carbons (Fsp3) is 0.571. The van der Waals surface area contributed by atoms with E-state index in [1.807, 2.05) is 19.9 Å². The van der Waals surface area contributed by atoms with E-state index in [0.29, 0.717) is 0 Å². The molecule has 5 heteroatoms. The lowest BCUT2D eigenvalue weighted by Gasteiger charge is -2.40. The van der Waals surface area contributed by atoms with Crippen LogP contribution in [0.2, 0.25) is 0 Å². The van der Waals surface area contributed by atoms with Crippen molar-refractivity contribution < 1.29 is 14.6 Å². The Labute approximate surface area is 154 Å². The van der Waals surface area contributed by atoms with Gasteiger partial charge in [-0.05, 0) is 57.4 Å². The molecule has 0 aromatic heterocycles. The first kappa shape index (κ1) is 17.7. The number of rotatable bonds is 4. The van der Waals surface area contributed by atoms with Gasteiger partial charge in [-0.3, -0.25) is 4.79 Å². The molecule has 0 bridgehead atoms. The SMILES string of the molecule is CC1(C)NC2=CC3=CC(=O)COC3C(NCCC3=CCCC=C3)[C@H]2[C@H]1O. The molecule has 0 saturated carbocycles. The van der Waals surface area contributed by atoms with Crippen LogP contribution in [0.3, 0.4) is 0 Å². The Bertz CT molecular complexity index is 717. The van der Waals surface area contributed by atoms with Crippen molar-refractivity contribution in [2.24, 2.45) is 5.92 Å². The Morgan fingerprint density at radius 3 is 2.96 bits per heavy atom. The van der Waals surface area contributed by atoms with Gasteiger partial charge in [-0.2, -0.15) is 0 Å². The molecule has 2 heterocycles. The normalized spacial score (nSPS) is 35.0. The first-order chi connectivity index (χ1) is 12.5. The second-order valence-corrected chi connectivity index (χ2v) is 8.25. The smallest absolute Gasteiger partial charge is 0.181 e. The lowest BCUT2D eigenvalue weighted by molar-refractivity contribution is -0.123. The molecule has 0 radical (unpaired) electrons. The van der Waals surface area contributed by atoms with Gasteiger partial charge >= 0.3 is 0 Å². The van der Waals surface area contributed by atoms with Crippen molar-refractivity contribution >= 4 is 5.78 Å². The summed E-state index contributed by atoms with van der Waals surface area (Å²) in [4.78, 5) is 11.8. The molecule has 1 fully saturated rings. The van der Waals surface area contributed by atoms with Crippen LogP contribution >= 0.6 is 0 Å². The molecule has 0 amide bonds. The van der Waals surface area contributed by atoms with Gasteiger partial charge in [0.2, 0.25) is 0 Å². The topological polar surface area (TPSA) is 70.6 Å². The number of aliphatic hydroxyl groups is 1. The van der Waals surface area contributed by atoms with Gasteiger partial charge in [0.25, 0.3) is 0 Å². The molecular weight excluding hydrogens is 328 g/mol. The van der Waals surface area contributed by atoms with E-state index >= 15 is 0 Å². The van der Waals surface area contributed by atoms with Gasteiger partial charge in [0.15, 0.2) is 5.78 Å². The van der Waals surface area contributed by atoms with Crippen LogP contribution in [-0.4, -0.2) is 47.8 Å². The standard InChI is InChI=1S/C21H28N2O3/c1-21(2)20(25)17-16(23-21)11-14-10-15(24)12-26-19(14)18(17)22-9-8-13-6-4-3-5-7-13/h4,6-7,10-11,17-20,22-23,25H,3,5,8-9,12H2,1-2H3/t17-,18?,19?,20+/m0/s1. The van der Waals surface area contributed by atoms with Crippen molar-refractivity contribution in [2.75, 3.05) is 13.2 Å². The Balaban J connectivity index is 1.55. The number of hydrogen-bond acceptors (Lipinski definition) is 5. The van der Waals surface area contributed by atoms with E-state index in [4.69, 9.17) is 4.74 Å². The van der Waals surface area contributed by atoms with Gasteiger partial charge in [-0.1, -0.05) is 23.8 Å². The number of allylic oxidation sites excluding steroid dienone is 3. The van der Waals surface area contributed by atoms with E-state index in [1.165, 1.54) is 5.57 Å². The molecule has 4 rings (SSSR count). The second-order valence-electron chi connectivity index (χ2n) is 8.25. The van der Waals surface area contributed by atoms with E-state index in [0.717, 1.165) is 37.1 Å². The quantitative estimate of drug-likeness (QED) is 0.716. The van der Waals surface area contributed by atoms with Crippen LogP contribution in [0, 0.1) is 5.92 Å². The maximum absolute atomic E-state index is 11.8. The molecule has 1 saturated heterocycles. The summed E-state index contributed by atoms with van der Waals surface area (Å²) in [5.74, 6) is -0.0585. The number of nitrogens with one attached hydrogen (secondary N) is 2. The largest absolute Gasteiger partial charge is 0.390 e. The van der Waals surface area contributed by atoms with E-state index in [9.17, 15) is 9.90 Å². The number of fused-ring (bicyclic) bond motifs is 2. The lowest BCUT2D eigenvalue weighted by Crippen LogP contribution is -2.55. The van der Waals surface area contributed by atoms with Crippen LogP contribution in [-0.2, 0) is 9.53 Å². The van der Waals surface area contributed by atoms with Crippen LogP contribution in [0.15, 0.2) is 47.2 Å². The Morgan fingerprint density at radius 1 is 1.35 bits per heavy atom. The summed E-state index contributed by atoms with van der Waals surface area (Å²) < 4.78 is 5.88. The lowest BCUT2D eigenvalue weighted by atomic mass is 9.77. The predicted molar refractivity (Wildman–Crippen MR) is 100 cm³/mol. The fourth-order valence-electron chi connectivity index (χ4n) is 4.52. The maximum Gasteiger partial charge on any atom is 0.181 e. The monoisotopic (exact) mass is 356 g/mol. The highest BCUT2D eigenvalue weighted by molar-refractivity contribution is 5.93. The molecule has 4 atom stereocenters. The Hall–Kier alpha value is -1.69. The second kappa shape index (κ2) is 6.80.